The van der Waals surface area contributed by atoms with Gasteiger partial charge in [0.1, 0.15) is 0 Å². The van der Waals surface area contributed by atoms with E-state index in [0.717, 1.165) is 13.8 Å². The van der Waals surface area contributed by atoms with E-state index in [-0.39, 0.29) is 6.15 Å². The number of carbonyl (C=O) groups is 2. The quantitative estimate of drug-likeness (QED) is 0.0911. The summed E-state index contributed by atoms with van der Waals surface area (Å²) < 4.78 is 1.32. The van der Waals surface area contributed by atoms with Gasteiger partial charge in [-0.15, -0.1) is 0 Å². The van der Waals surface area contributed by atoms with Gasteiger partial charge in [-0.05, 0) is 46.5 Å². The van der Waals surface area contributed by atoms with Gasteiger partial charge < -0.3 is 25.6 Å². The van der Waals surface area contributed by atoms with Gasteiger partial charge in [0.05, 0.1) is 25.2 Å². The SMILES string of the molecule is CC(=O)O.CC(=O)[O-].CCCCCCCCCCCCCCCCC(C)(C)C(C)(C)[N+](CCC)(CCC)CCC.N. The van der Waals surface area contributed by atoms with Crippen molar-refractivity contribution in [3.63, 3.8) is 0 Å². The molecular formula is C35H76N2O4. The second-order valence-electron chi connectivity index (χ2n) is 13.1. The van der Waals surface area contributed by atoms with Crippen LogP contribution in [0.15, 0.2) is 0 Å². The number of carboxylic acids is 2. The van der Waals surface area contributed by atoms with Crippen molar-refractivity contribution in [1.29, 1.82) is 0 Å². The van der Waals surface area contributed by atoms with Gasteiger partial charge in [-0.3, -0.25) is 4.79 Å². The molecule has 0 aliphatic carbocycles. The summed E-state index contributed by atoms with van der Waals surface area (Å²) in [6, 6.07) is 0. The zero-order chi connectivity index (χ0) is 31.5. The Bertz CT molecular complexity index is 554. The van der Waals surface area contributed by atoms with Crippen LogP contribution in [0.1, 0.15) is 185 Å². The Kier molecular flexibility index (Phi) is 33.1. The van der Waals surface area contributed by atoms with E-state index in [1.807, 2.05) is 0 Å². The predicted molar refractivity (Wildman–Crippen MR) is 178 cm³/mol. The molecule has 0 bridgehead atoms. The van der Waals surface area contributed by atoms with E-state index < -0.39 is 11.9 Å². The van der Waals surface area contributed by atoms with E-state index in [0.29, 0.717) is 11.0 Å². The molecule has 0 spiro atoms. The van der Waals surface area contributed by atoms with Gasteiger partial charge in [0.15, 0.2) is 0 Å². The molecule has 4 N–H and O–H groups in total. The van der Waals surface area contributed by atoms with E-state index in [9.17, 15) is 0 Å². The molecule has 0 saturated carbocycles. The molecule has 0 atom stereocenters. The van der Waals surface area contributed by atoms with Gasteiger partial charge in [0.2, 0.25) is 0 Å². The van der Waals surface area contributed by atoms with E-state index in [2.05, 4.69) is 55.4 Å². The minimum Gasteiger partial charge on any atom is -0.550 e. The largest absolute Gasteiger partial charge is 0.550 e. The number of rotatable bonds is 23. The maximum absolute atomic E-state index is 9.00. The molecule has 0 radical (unpaired) electrons. The van der Waals surface area contributed by atoms with Gasteiger partial charge >= 0.3 is 0 Å². The fourth-order valence-electron chi connectivity index (χ4n) is 6.17. The van der Waals surface area contributed by atoms with Crippen molar-refractivity contribution >= 4 is 11.9 Å². The van der Waals surface area contributed by atoms with Crippen molar-refractivity contribution in [3.8, 4) is 0 Å². The number of aliphatic carboxylic acids is 2. The molecule has 0 saturated heterocycles. The first kappa shape index (κ1) is 46.8. The molecule has 0 aliphatic rings. The monoisotopic (exact) mass is 589 g/mol. The summed E-state index contributed by atoms with van der Waals surface area (Å²) in [4.78, 5) is 17.9. The lowest BCUT2D eigenvalue weighted by Gasteiger charge is -2.57. The van der Waals surface area contributed by atoms with Crippen LogP contribution in [0, 0.1) is 5.41 Å². The van der Waals surface area contributed by atoms with Crippen LogP contribution in [0.3, 0.4) is 0 Å². The van der Waals surface area contributed by atoms with Crippen molar-refractivity contribution in [3.05, 3.63) is 0 Å². The highest BCUT2D eigenvalue weighted by Gasteiger charge is 2.51. The summed E-state index contributed by atoms with van der Waals surface area (Å²) in [5, 5.41) is 16.3. The zero-order valence-corrected chi connectivity index (χ0v) is 29.7. The molecule has 6 nitrogen and oxygen atoms in total. The molecule has 0 aromatic rings. The van der Waals surface area contributed by atoms with Crippen LogP contribution < -0.4 is 11.3 Å². The summed E-state index contributed by atoms with van der Waals surface area (Å²) in [6.07, 6.45) is 25.6. The van der Waals surface area contributed by atoms with Gasteiger partial charge in [-0.25, -0.2) is 0 Å². The van der Waals surface area contributed by atoms with Crippen molar-refractivity contribution in [1.82, 2.24) is 6.15 Å². The molecule has 41 heavy (non-hydrogen) atoms. The first-order chi connectivity index (χ1) is 18.7. The topological polar surface area (TPSA) is 112 Å². The number of unbranched alkanes of at least 4 members (excludes halogenated alkanes) is 13. The molecule has 6 heteroatoms. The molecule has 0 aliphatic heterocycles. The highest BCUT2D eigenvalue weighted by Crippen LogP contribution is 2.45. The number of quaternary nitrogens is 1. The van der Waals surface area contributed by atoms with Gasteiger partial charge in [-0.1, -0.05) is 131 Å². The third-order valence-electron chi connectivity index (χ3n) is 8.95. The maximum atomic E-state index is 9.00. The van der Waals surface area contributed by atoms with E-state index >= 15 is 0 Å². The second kappa shape index (κ2) is 29.0. The Morgan fingerprint density at radius 3 is 1.07 bits per heavy atom. The molecular weight excluding hydrogens is 512 g/mol. The minimum absolute atomic E-state index is 0. The van der Waals surface area contributed by atoms with Crippen molar-refractivity contribution in [2.75, 3.05) is 19.6 Å². The predicted octanol–water partition coefficient (Wildman–Crippen LogP) is 9.72. The summed E-state index contributed by atoms with van der Waals surface area (Å²) in [6.45, 7) is 25.9. The first-order valence-corrected chi connectivity index (χ1v) is 16.9. The van der Waals surface area contributed by atoms with E-state index in [4.69, 9.17) is 19.8 Å². The Hall–Kier alpha value is -1.14. The standard InChI is InChI=1S/C31H66N.2C2H4O2.H3N/c1-9-13-14-15-16-17-18-19-20-21-22-23-24-25-26-30(5,6)31(7,8)32(27-10-2,28-11-3)29-12-4;2*1-2(3)4;/h9-29H2,1-8H3;2*1H3,(H,3,4);1H3/q+1;;;/p-1. The third-order valence-corrected chi connectivity index (χ3v) is 8.95. The van der Waals surface area contributed by atoms with Crippen molar-refractivity contribution in [2.45, 2.75) is 190 Å². The zero-order valence-electron chi connectivity index (χ0n) is 29.7. The highest BCUT2D eigenvalue weighted by atomic mass is 16.4. The van der Waals surface area contributed by atoms with E-state index in [1.54, 1.807) is 0 Å². The van der Waals surface area contributed by atoms with Crippen molar-refractivity contribution < 1.29 is 24.3 Å². The molecule has 0 aromatic heterocycles. The number of hydrogen-bond donors (Lipinski definition) is 2. The van der Waals surface area contributed by atoms with Crippen LogP contribution in [0.4, 0.5) is 0 Å². The third kappa shape index (κ3) is 25.1. The first-order valence-electron chi connectivity index (χ1n) is 16.9. The van der Waals surface area contributed by atoms with Crippen molar-refractivity contribution in [2.24, 2.45) is 5.41 Å². The molecule has 0 aromatic carbocycles. The molecule has 0 amide bonds. The number of hydrogen-bond acceptors (Lipinski definition) is 4. The molecule has 0 heterocycles. The van der Waals surface area contributed by atoms with Crippen LogP contribution in [-0.4, -0.2) is 46.7 Å². The normalized spacial score (nSPS) is 11.5. The van der Waals surface area contributed by atoms with Crippen LogP contribution in [0.2, 0.25) is 0 Å². The molecule has 0 fully saturated rings. The number of nitrogens with zero attached hydrogens (tertiary/aromatic N) is 1. The van der Waals surface area contributed by atoms with Crippen LogP contribution in [0.5, 0.6) is 0 Å². The summed E-state index contributed by atoms with van der Waals surface area (Å²) in [7, 11) is 0. The fourth-order valence-corrected chi connectivity index (χ4v) is 6.17. The Morgan fingerprint density at radius 2 is 0.829 bits per heavy atom. The molecule has 0 rings (SSSR count). The average molecular weight is 589 g/mol. The van der Waals surface area contributed by atoms with E-state index in [1.165, 1.54) is 140 Å². The Labute approximate surface area is 257 Å². The Morgan fingerprint density at radius 1 is 0.585 bits per heavy atom. The minimum atomic E-state index is -1.08. The lowest BCUT2D eigenvalue weighted by Crippen LogP contribution is -2.68. The summed E-state index contributed by atoms with van der Waals surface area (Å²) in [5.74, 6) is -1.92. The fraction of sp³-hybridized carbons (Fsp3) is 0.943. The maximum Gasteiger partial charge on any atom is 0.300 e. The lowest BCUT2D eigenvalue weighted by molar-refractivity contribution is -0.980. The lowest BCUT2D eigenvalue weighted by atomic mass is 9.68. The van der Waals surface area contributed by atoms with Crippen LogP contribution in [-0.2, 0) is 9.59 Å². The highest BCUT2D eigenvalue weighted by molar-refractivity contribution is 5.63. The van der Waals surface area contributed by atoms with Crippen LogP contribution >= 0.6 is 0 Å². The molecule has 250 valence electrons. The average Bonchev–Trinajstić information content (AvgIpc) is 2.83. The van der Waals surface area contributed by atoms with Gasteiger partial charge in [0, 0.05) is 18.3 Å². The summed E-state index contributed by atoms with van der Waals surface area (Å²) >= 11 is 0. The number of carboxylic acid groups (broad SMARTS) is 2. The Balaban J connectivity index is -0.000000667. The van der Waals surface area contributed by atoms with Crippen LogP contribution in [0.25, 0.3) is 0 Å². The smallest absolute Gasteiger partial charge is 0.300 e. The molecule has 0 unspecified atom stereocenters. The van der Waals surface area contributed by atoms with Gasteiger partial charge in [-0.2, -0.15) is 0 Å². The van der Waals surface area contributed by atoms with Gasteiger partial charge in [0.25, 0.3) is 5.97 Å². The number of carbonyl (C=O) groups excluding carboxylic acids is 1. The second-order valence-corrected chi connectivity index (χ2v) is 13.1. The summed E-state index contributed by atoms with van der Waals surface area (Å²) in [5.41, 5.74) is 0.731.